The van der Waals surface area contributed by atoms with E-state index in [1.807, 2.05) is 26.0 Å². The van der Waals surface area contributed by atoms with Gasteiger partial charge in [0, 0.05) is 22.4 Å². The number of rotatable bonds is 2. The molecule has 1 aliphatic rings. The smallest absolute Gasteiger partial charge is 0.127 e. The fourth-order valence-corrected chi connectivity index (χ4v) is 2.50. The highest BCUT2D eigenvalue weighted by atomic mass is 35.5. The van der Waals surface area contributed by atoms with E-state index in [0.29, 0.717) is 5.02 Å². The lowest BCUT2D eigenvalue weighted by atomic mass is 9.84. The van der Waals surface area contributed by atoms with Crippen LogP contribution in [0.15, 0.2) is 12.1 Å². The van der Waals surface area contributed by atoms with Crippen LogP contribution in [0.2, 0.25) is 5.02 Å². The van der Waals surface area contributed by atoms with Gasteiger partial charge in [-0.25, -0.2) is 0 Å². The predicted molar refractivity (Wildman–Crippen MR) is 70.0 cm³/mol. The van der Waals surface area contributed by atoms with E-state index in [1.54, 1.807) is 0 Å². The van der Waals surface area contributed by atoms with Crippen LogP contribution in [-0.4, -0.2) is 17.3 Å². The van der Waals surface area contributed by atoms with Crippen molar-refractivity contribution in [2.24, 2.45) is 0 Å². The number of hydrogen-bond donors (Lipinski definition) is 1. The third kappa shape index (κ3) is 2.29. The molecule has 0 bridgehead atoms. The second kappa shape index (κ2) is 3.89. The maximum atomic E-state index is 9.50. The molecule has 2 rings (SSSR count). The van der Waals surface area contributed by atoms with Crippen molar-refractivity contribution in [1.29, 1.82) is 0 Å². The normalized spacial score (nSPS) is 17.8. The molecule has 1 aliphatic heterocycles. The van der Waals surface area contributed by atoms with Crippen molar-refractivity contribution >= 4 is 11.6 Å². The summed E-state index contributed by atoms with van der Waals surface area (Å²) < 4.78 is 6.00. The maximum absolute atomic E-state index is 9.50. The van der Waals surface area contributed by atoms with E-state index in [1.165, 1.54) is 0 Å². The number of ether oxygens (including phenoxy) is 1. The number of hydrogen-bond acceptors (Lipinski definition) is 2. The molecule has 1 aromatic carbocycles. The molecule has 0 amide bonds. The Kier molecular flexibility index (Phi) is 2.91. The number of fused-ring (bicyclic) bond motifs is 1. The molecule has 2 nitrogen and oxygen atoms in total. The minimum atomic E-state index is -0.338. The first-order valence-corrected chi connectivity index (χ1v) is 6.26. The van der Waals surface area contributed by atoms with E-state index in [4.69, 9.17) is 16.3 Å². The SMILES string of the molecule is CC1(C)Cc2cc(Cl)cc(C(C)(C)CO)c2O1. The minimum Gasteiger partial charge on any atom is -0.487 e. The zero-order valence-electron chi connectivity index (χ0n) is 10.8. The monoisotopic (exact) mass is 254 g/mol. The Morgan fingerprint density at radius 1 is 1.41 bits per heavy atom. The van der Waals surface area contributed by atoms with Gasteiger partial charge >= 0.3 is 0 Å². The van der Waals surface area contributed by atoms with Crippen LogP contribution >= 0.6 is 11.6 Å². The van der Waals surface area contributed by atoms with Crippen molar-refractivity contribution in [3.05, 3.63) is 28.3 Å². The zero-order chi connectivity index (χ0) is 12.8. The molecule has 1 heterocycles. The average Bonchev–Trinajstić information content (AvgIpc) is 2.50. The van der Waals surface area contributed by atoms with E-state index < -0.39 is 0 Å². The third-order valence-corrected chi connectivity index (χ3v) is 3.47. The topological polar surface area (TPSA) is 29.5 Å². The van der Waals surface area contributed by atoms with Gasteiger partial charge in [0.1, 0.15) is 11.4 Å². The van der Waals surface area contributed by atoms with Crippen molar-refractivity contribution in [3.63, 3.8) is 0 Å². The molecule has 0 saturated carbocycles. The van der Waals surface area contributed by atoms with Crippen LogP contribution in [0.1, 0.15) is 38.8 Å². The van der Waals surface area contributed by atoms with Crippen molar-refractivity contribution in [2.75, 3.05) is 6.61 Å². The van der Waals surface area contributed by atoms with E-state index in [9.17, 15) is 5.11 Å². The molecule has 1 aromatic rings. The highest BCUT2D eigenvalue weighted by Gasteiger charge is 2.35. The van der Waals surface area contributed by atoms with E-state index in [-0.39, 0.29) is 17.6 Å². The minimum absolute atomic E-state index is 0.0730. The van der Waals surface area contributed by atoms with E-state index >= 15 is 0 Å². The Labute approximate surface area is 108 Å². The molecule has 0 aliphatic carbocycles. The number of aliphatic hydroxyl groups excluding tert-OH is 1. The molecule has 0 spiro atoms. The lowest BCUT2D eigenvalue weighted by Gasteiger charge is -2.26. The summed E-state index contributed by atoms with van der Waals surface area (Å²) in [4.78, 5) is 0. The lowest BCUT2D eigenvalue weighted by Crippen LogP contribution is -2.27. The fraction of sp³-hybridized carbons (Fsp3) is 0.571. The average molecular weight is 255 g/mol. The second-order valence-electron chi connectivity index (χ2n) is 6.02. The van der Waals surface area contributed by atoms with Crippen LogP contribution in [-0.2, 0) is 11.8 Å². The van der Waals surface area contributed by atoms with Crippen LogP contribution in [0, 0.1) is 0 Å². The third-order valence-electron chi connectivity index (χ3n) is 3.25. The van der Waals surface area contributed by atoms with Gasteiger partial charge in [-0.3, -0.25) is 0 Å². The standard InChI is InChI=1S/C14H19ClO2/c1-13(2,8-16)11-6-10(15)5-9-7-14(3,4)17-12(9)11/h5-6,16H,7-8H2,1-4H3. The lowest BCUT2D eigenvalue weighted by molar-refractivity contribution is 0.132. The molecule has 0 radical (unpaired) electrons. The van der Waals surface area contributed by atoms with Crippen molar-refractivity contribution in [1.82, 2.24) is 0 Å². The van der Waals surface area contributed by atoms with Gasteiger partial charge in [0.05, 0.1) is 6.61 Å². The maximum Gasteiger partial charge on any atom is 0.127 e. The Morgan fingerprint density at radius 3 is 2.65 bits per heavy atom. The molecule has 1 N–H and O–H groups in total. The zero-order valence-corrected chi connectivity index (χ0v) is 11.6. The van der Waals surface area contributed by atoms with Gasteiger partial charge in [-0.1, -0.05) is 25.4 Å². The summed E-state index contributed by atoms with van der Waals surface area (Å²) in [6.07, 6.45) is 0.859. The van der Waals surface area contributed by atoms with Gasteiger partial charge in [-0.15, -0.1) is 0 Å². The summed E-state index contributed by atoms with van der Waals surface area (Å²) in [6.45, 7) is 8.19. The Balaban J connectivity index is 2.57. The molecular weight excluding hydrogens is 236 g/mol. The van der Waals surface area contributed by atoms with Crippen molar-refractivity contribution in [2.45, 2.75) is 45.1 Å². The molecule has 17 heavy (non-hydrogen) atoms. The van der Waals surface area contributed by atoms with Crippen LogP contribution in [0.25, 0.3) is 0 Å². The number of aliphatic hydroxyl groups is 1. The highest BCUT2D eigenvalue weighted by Crippen LogP contribution is 2.43. The summed E-state index contributed by atoms with van der Waals surface area (Å²) in [5.41, 5.74) is 1.61. The first-order chi connectivity index (χ1) is 7.75. The van der Waals surface area contributed by atoms with Gasteiger partial charge < -0.3 is 9.84 Å². The summed E-state index contributed by atoms with van der Waals surface area (Å²) in [7, 11) is 0. The van der Waals surface area contributed by atoms with Gasteiger partial charge in [-0.2, -0.15) is 0 Å². The van der Waals surface area contributed by atoms with Gasteiger partial charge in [-0.05, 0) is 31.5 Å². The molecule has 0 unspecified atom stereocenters. The second-order valence-corrected chi connectivity index (χ2v) is 6.46. The quantitative estimate of drug-likeness (QED) is 0.877. The van der Waals surface area contributed by atoms with Gasteiger partial charge in [0.2, 0.25) is 0 Å². The number of halogens is 1. The van der Waals surface area contributed by atoms with Crippen molar-refractivity contribution in [3.8, 4) is 5.75 Å². The predicted octanol–water partition coefficient (Wildman–Crippen LogP) is 3.32. The summed E-state index contributed by atoms with van der Waals surface area (Å²) in [5.74, 6) is 0.901. The number of benzene rings is 1. The van der Waals surface area contributed by atoms with Crippen molar-refractivity contribution < 1.29 is 9.84 Å². The molecule has 3 heteroatoms. The molecular formula is C14H19ClO2. The highest BCUT2D eigenvalue weighted by molar-refractivity contribution is 6.30. The van der Waals surface area contributed by atoms with E-state index in [0.717, 1.165) is 23.3 Å². The van der Waals surface area contributed by atoms with Crippen LogP contribution in [0.5, 0.6) is 5.75 Å². The van der Waals surface area contributed by atoms with Gasteiger partial charge in [0.25, 0.3) is 0 Å². The Morgan fingerprint density at radius 2 is 2.06 bits per heavy atom. The Bertz CT molecular complexity index is 450. The van der Waals surface area contributed by atoms with Crippen LogP contribution in [0.4, 0.5) is 0 Å². The molecule has 94 valence electrons. The largest absolute Gasteiger partial charge is 0.487 e. The summed E-state index contributed by atoms with van der Waals surface area (Å²) in [5, 5.41) is 10.2. The molecule has 0 aromatic heterocycles. The van der Waals surface area contributed by atoms with Crippen LogP contribution < -0.4 is 4.74 Å². The Hall–Kier alpha value is -0.730. The van der Waals surface area contributed by atoms with Crippen LogP contribution in [0.3, 0.4) is 0 Å². The molecule has 0 fully saturated rings. The van der Waals surface area contributed by atoms with Gasteiger partial charge in [0.15, 0.2) is 0 Å². The summed E-state index contributed by atoms with van der Waals surface area (Å²) in [6, 6.07) is 3.86. The molecule has 0 atom stereocenters. The van der Waals surface area contributed by atoms with E-state index in [2.05, 4.69) is 13.8 Å². The first-order valence-electron chi connectivity index (χ1n) is 5.88. The fourth-order valence-electron chi connectivity index (χ4n) is 2.26. The first kappa shape index (κ1) is 12.7. The summed E-state index contributed by atoms with van der Waals surface area (Å²) >= 11 is 6.15. The molecule has 0 saturated heterocycles.